The molecule has 1 aromatic carbocycles. The first-order valence-corrected chi connectivity index (χ1v) is 8.14. The number of esters is 1. The van der Waals surface area contributed by atoms with Crippen LogP contribution in [-0.2, 0) is 20.7 Å². The van der Waals surface area contributed by atoms with Crippen molar-refractivity contribution >= 4 is 33.8 Å². The molecule has 126 valence electrons. The van der Waals surface area contributed by atoms with Crippen LogP contribution in [0.25, 0.3) is 0 Å². The fraction of sp³-hybridized carbons (Fsp3) is 0.438. The van der Waals surface area contributed by atoms with Crippen molar-refractivity contribution in [2.45, 2.75) is 26.7 Å². The summed E-state index contributed by atoms with van der Waals surface area (Å²) in [5, 5.41) is 4.67. The summed E-state index contributed by atoms with van der Waals surface area (Å²) in [7, 11) is 0. The maximum Gasteiger partial charge on any atom is 0.321 e. The van der Waals surface area contributed by atoms with E-state index in [1.165, 1.54) is 0 Å². The number of urea groups is 1. The normalized spacial score (nSPS) is 10.3. The summed E-state index contributed by atoms with van der Waals surface area (Å²) < 4.78 is 5.75. The van der Waals surface area contributed by atoms with Crippen molar-refractivity contribution in [1.29, 1.82) is 0 Å². The third-order valence-electron chi connectivity index (χ3n) is 2.89. The Morgan fingerprint density at radius 2 is 1.83 bits per heavy atom. The van der Waals surface area contributed by atoms with E-state index in [1.54, 1.807) is 12.1 Å². The molecule has 0 saturated carbocycles. The number of hydrogen-bond donors (Lipinski definition) is 2. The highest BCUT2D eigenvalue weighted by Crippen LogP contribution is 2.11. The summed E-state index contributed by atoms with van der Waals surface area (Å²) in [5.74, 6) is -0.718. The van der Waals surface area contributed by atoms with Gasteiger partial charge in [-0.15, -0.1) is 0 Å². The topological polar surface area (TPSA) is 84.5 Å². The number of imide groups is 1. The summed E-state index contributed by atoms with van der Waals surface area (Å²) in [6, 6.07) is 6.62. The summed E-state index contributed by atoms with van der Waals surface area (Å²) in [4.78, 5) is 34.5. The van der Waals surface area contributed by atoms with Crippen molar-refractivity contribution in [2.24, 2.45) is 5.92 Å². The van der Waals surface area contributed by atoms with Crippen LogP contribution in [0.15, 0.2) is 28.7 Å². The number of nitrogens with one attached hydrogen (secondary N) is 2. The van der Waals surface area contributed by atoms with Gasteiger partial charge in [0.2, 0.25) is 0 Å². The Morgan fingerprint density at radius 1 is 1.17 bits per heavy atom. The van der Waals surface area contributed by atoms with Crippen LogP contribution < -0.4 is 10.6 Å². The highest BCUT2D eigenvalue weighted by Gasteiger charge is 2.11. The number of ether oxygens (including phenoxy) is 1. The van der Waals surface area contributed by atoms with Crippen LogP contribution in [0, 0.1) is 5.92 Å². The lowest BCUT2D eigenvalue weighted by Gasteiger charge is -2.08. The molecule has 0 saturated heterocycles. The second kappa shape index (κ2) is 9.99. The van der Waals surface area contributed by atoms with Crippen molar-refractivity contribution in [3.63, 3.8) is 0 Å². The molecule has 0 heterocycles. The second-order valence-electron chi connectivity index (χ2n) is 5.45. The molecule has 6 nitrogen and oxygen atoms in total. The van der Waals surface area contributed by atoms with Gasteiger partial charge in [0, 0.05) is 11.0 Å². The van der Waals surface area contributed by atoms with Crippen LogP contribution in [0.4, 0.5) is 4.79 Å². The average molecular weight is 385 g/mol. The minimum Gasteiger partial charge on any atom is -0.455 e. The molecular formula is C16H21BrN2O4. The predicted molar refractivity (Wildman–Crippen MR) is 89.8 cm³/mol. The van der Waals surface area contributed by atoms with Gasteiger partial charge < -0.3 is 10.1 Å². The zero-order valence-corrected chi connectivity index (χ0v) is 14.8. The maximum absolute atomic E-state index is 11.6. The number of benzene rings is 1. The predicted octanol–water partition coefficient (Wildman–Crippen LogP) is 2.41. The van der Waals surface area contributed by atoms with Crippen LogP contribution in [0.2, 0.25) is 0 Å². The first-order chi connectivity index (χ1) is 10.9. The molecule has 7 heteroatoms. The van der Waals surface area contributed by atoms with E-state index in [9.17, 15) is 14.4 Å². The number of rotatable bonds is 7. The van der Waals surface area contributed by atoms with E-state index in [0.717, 1.165) is 16.5 Å². The van der Waals surface area contributed by atoms with Gasteiger partial charge in [-0.25, -0.2) is 4.79 Å². The standard InChI is InChI=1S/C16H21BrN2O4/c1-11(2)7-8-18-16(22)19-14(20)10-23-15(21)9-12-3-5-13(17)6-4-12/h3-6,11H,7-10H2,1-2H3,(H2,18,19,20,22). The molecular weight excluding hydrogens is 364 g/mol. The lowest BCUT2D eigenvalue weighted by Crippen LogP contribution is -2.42. The highest BCUT2D eigenvalue weighted by molar-refractivity contribution is 9.10. The molecule has 0 atom stereocenters. The van der Waals surface area contributed by atoms with Crippen LogP contribution in [0.3, 0.4) is 0 Å². The molecule has 0 aliphatic heterocycles. The molecule has 1 aromatic rings. The minimum atomic E-state index is -0.656. The lowest BCUT2D eigenvalue weighted by molar-refractivity contribution is -0.147. The largest absolute Gasteiger partial charge is 0.455 e. The van der Waals surface area contributed by atoms with E-state index < -0.39 is 24.5 Å². The van der Waals surface area contributed by atoms with Crippen molar-refractivity contribution in [3.05, 3.63) is 34.3 Å². The van der Waals surface area contributed by atoms with E-state index in [0.29, 0.717) is 12.5 Å². The first kappa shape index (κ1) is 19.2. The van der Waals surface area contributed by atoms with Gasteiger partial charge in [-0.2, -0.15) is 0 Å². The fourth-order valence-electron chi connectivity index (χ4n) is 1.65. The molecule has 0 bridgehead atoms. The van der Waals surface area contributed by atoms with Gasteiger partial charge in [0.05, 0.1) is 6.42 Å². The molecule has 0 spiro atoms. The number of amides is 3. The number of halogens is 1. The Labute approximate surface area is 144 Å². The second-order valence-corrected chi connectivity index (χ2v) is 6.37. The van der Waals surface area contributed by atoms with E-state index >= 15 is 0 Å². The average Bonchev–Trinajstić information content (AvgIpc) is 2.47. The fourth-order valence-corrected chi connectivity index (χ4v) is 1.91. The van der Waals surface area contributed by atoms with E-state index in [2.05, 4.69) is 26.6 Å². The quantitative estimate of drug-likeness (QED) is 0.706. The molecule has 0 aliphatic rings. The number of carbonyl (C=O) groups excluding carboxylic acids is 3. The van der Waals surface area contributed by atoms with Gasteiger partial charge in [0.15, 0.2) is 6.61 Å². The van der Waals surface area contributed by atoms with Gasteiger partial charge in [0.1, 0.15) is 0 Å². The van der Waals surface area contributed by atoms with Gasteiger partial charge in [-0.3, -0.25) is 14.9 Å². The van der Waals surface area contributed by atoms with Crippen molar-refractivity contribution in [1.82, 2.24) is 10.6 Å². The van der Waals surface area contributed by atoms with Crippen LogP contribution in [0.1, 0.15) is 25.8 Å². The molecule has 23 heavy (non-hydrogen) atoms. The molecule has 1 rings (SSSR count). The van der Waals surface area contributed by atoms with Crippen LogP contribution in [0.5, 0.6) is 0 Å². The van der Waals surface area contributed by atoms with Crippen LogP contribution in [-0.4, -0.2) is 31.1 Å². The Balaban J connectivity index is 2.23. The zero-order valence-electron chi connectivity index (χ0n) is 13.2. The van der Waals surface area contributed by atoms with Crippen molar-refractivity contribution in [2.75, 3.05) is 13.2 Å². The van der Waals surface area contributed by atoms with E-state index in [-0.39, 0.29) is 6.42 Å². The lowest BCUT2D eigenvalue weighted by atomic mass is 10.1. The van der Waals surface area contributed by atoms with Gasteiger partial charge in [0.25, 0.3) is 5.91 Å². The third kappa shape index (κ3) is 8.97. The number of carbonyl (C=O) groups is 3. The minimum absolute atomic E-state index is 0.0706. The summed E-state index contributed by atoms with van der Waals surface area (Å²) in [6.07, 6.45) is 0.894. The summed E-state index contributed by atoms with van der Waals surface area (Å²) in [5.41, 5.74) is 0.782. The van der Waals surface area contributed by atoms with E-state index in [4.69, 9.17) is 4.74 Å². The Kier molecular flexibility index (Phi) is 8.32. The smallest absolute Gasteiger partial charge is 0.321 e. The SMILES string of the molecule is CC(C)CCNC(=O)NC(=O)COC(=O)Cc1ccc(Br)cc1. The van der Waals surface area contributed by atoms with Gasteiger partial charge in [-0.05, 0) is 30.0 Å². The highest BCUT2D eigenvalue weighted by atomic mass is 79.9. The van der Waals surface area contributed by atoms with Gasteiger partial charge in [-0.1, -0.05) is 41.9 Å². The molecule has 0 aliphatic carbocycles. The zero-order chi connectivity index (χ0) is 17.2. The number of hydrogen-bond acceptors (Lipinski definition) is 4. The first-order valence-electron chi connectivity index (χ1n) is 7.34. The summed E-state index contributed by atoms with van der Waals surface area (Å²) >= 11 is 3.30. The monoisotopic (exact) mass is 384 g/mol. The molecule has 0 fully saturated rings. The maximum atomic E-state index is 11.6. The van der Waals surface area contributed by atoms with Crippen molar-refractivity contribution < 1.29 is 19.1 Å². The van der Waals surface area contributed by atoms with Gasteiger partial charge >= 0.3 is 12.0 Å². The Hall–Kier alpha value is -1.89. The molecule has 3 amide bonds. The summed E-state index contributed by atoms with van der Waals surface area (Å²) in [6.45, 7) is 4.08. The molecule has 0 radical (unpaired) electrons. The van der Waals surface area contributed by atoms with Crippen LogP contribution >= 0.6 is 15.9 Å². The molecule has 0 unspecified atom stereocenters. The molecule has 0 aromatic heterocycles. The Bertz CT molecular complexity index is 544. The Morgan fingerprint density at radius 3 is 2.43 bits per heavy atom. The van der Waals surface area contributed by atoms with Crippen molar-refractivity contribution in [3.8, 4) is 0 Å². The molecule has 2 N–H and O–H groups in total. The van der Waals surface area contributed by atoms with E-state index in [1.807, 2.05) is 26.0 Å². The third-order valence-corrected chi connectivity index (χ3v) is 3.41.